The molecule has 110 valence electrons. The van der Waals surface area contributed by atoms with Gasteiger partial charge >= 0.3 is 0 Å². The molecule has 0 bridgehead atoms. The molecule has 3 nitrogen and oxygen atoms in total. The molecule has 2 aromatic rings. The monoisotopic (exact) mass is 282 g/mol. The Balaban J connectivity index is 1.91. The maximum absolute atomic E-state index is 12.1. The van der Waals surface area contributed by atoms with Crippen molar-refractivity contribution >= 4 is 11.6 Å². The molecular formula is C18H22N2O. The predicted molar refractivity (Wildman–Crippen MR) is 87.0 cm³/mol. The van der Waals surface area contributed by atoms with E-state index in [1.165, 1.54) is 5.56 Å². The lowest BCUT2D eigenvalue weighted by Crippen LogP contribution is -2.37. The molecule has 21 heavy (non-hydrogen) atoms. The van der Waals surface area contributed by atoms with Gasteiger partial charge in [-0.15, -0.1) is 0 Å². The van der Waals surface area contributed by atoms with Crippen LogP contribution in [0.3, 0.4) is 0 Å². The molecule has 0 saturated carbocycles. The van der Waals surface area contributed by atoms with Crippen molar-refractivity contribution in [1.29, 1.82) is 0 Å². The van der Waals surface area contributed by atoms with Crippen molar-refractivity contribution in [3.05, 3.63) is 65.7 Å². The van der Waals surface area contributed by atoms with Crippen LogP contribution in [0, 0.1) is 0 Å². The Morgan fingerprint density at radius 2 is 1.67 bits per heavy atom. The lowest BCUT2D eigenvalue weighted by Gasteiger charge is -2.21. The van der Waals surface area contributed by atoms with E-state index in [1.54, 1.807) is 0 Å². The molecule has 0 aromatic heterocycles. The van der Waals surface area contributed by atoms with Gasteiger partial charge < -0.3 is 11.1 Å². The third-order valence-corrected chi connectivity index (χ3v) is 3.81. The van der Waals surface area contributed by atoms with Crippen LogP contribution in [0.4, 0.5) is 5.69 Å². The van der Waals surface area contributed by atoms with E-state index in [1.807, 2.05) is 49.4 Å². The molecule has 2 rings (SSSR count). The molecule has 0 aliphatic rings. The molecule has 0 aliphatic carbocycles. The van der Waals surface area contributed by atoms with Gasteiger partial charge in [0, 0.05) is 17.6 Å². The van der Waals surface area contributed by atoms with Crippen LogP contribution in [0.15, 0.2) is 54.6 Å². The Kier molecular flexibility index (Phi) is 4.99. The molecule has 0 spiro atoms. The maximum atomic E-state index is 12.1. The first-order chi connectivity index (χ1) is 10.1. The summed E-state index contributed by atoms with van der Waals surface area (Å²) in [5.41, 5.74) is 8.56. The number of nitrogen functional groups attached to an aromatic ring is 1. The van der Waals surface area contributed by atoms with Crippen LogP contribution >= 0.6 is 0 Å². The topological polar surface area (TPSA) is 55.1 Å². The minimum absolute atomic E-state index is 0.0371. The van der Waals surface area contributed by atoms with Crippen LogP contribution in [0.25, 0.3) is 0 Å². The third-order valence-electron chi connectivity index (χ3n) is 3.81. The number of anilines is 1. The van der Waals surface area contributed by atoms with E-state index in [9.17, 15) is 4.79 Å². The second kappa shape index (κ2) is 6.93. The molecular weight excluding hydrogens is 260 g/mol. The number of carbonyl (C=O) groups is 1. The van der Waals surface area contributed by atoms with Crippen molar-refractivity contribution in [2.24, 2.45) is 0 Å². The number of amides is 1. The fourth-order valence-corrected chi connectivity index (χ4v) is 2.30. The minimum atomic E-state index is 0.0371. The zero-order valence-corrected chi connectivity index (χ0v) is 12.5. The van der Waals surface area contributed by atoms with Gasteiger partial charge in [-0.25, -0.2) is 0 Å². The highest BCUT2D eigenvalue weighted by atomic mass is 16.1. The van der Waals surface area contributed by atoms with Crippen molar-refractivity contribution in [2.45, 2.75) is 32.2 Å². The van der Waals surface area contributed by atoms with Crippen molar-refractivity contribution in [1.82, 2.24) is 5.32 Å². The Hall–Kier alpha value is -2.29. The second-order valence-corrected chi connectivity index (χ2v) is 5.47. The van der Waals surface area contributed by atoms with Gasteiger partial charge in [0.1, 0.15) is 0 Å². The molecule has 1 amide bonds. The molecule has 0 saturated heterocycles. The first kappa shape index (κ1) is 15.1. The summed E-state index contributed by atoms with van der Waals surface area (Å²) in [5.74, 6) is 0.316. The number of benzene rings is 2. The van der Waals surface area contributed by atoms with Gasteiger partial charge in [-0.1, -0.05) is 49.4 Å². The molecule has 3 N–H and O–H groups in total. The first-order valence-corrected chi connectivity index (χ1v) is 7.25. The number of hydrogen-bond acceptors (Lipinski definition) is 2. The average Bonchev–Trinajstić information content (AvgIpc) is 2.49. The van der Waals surface area contributed by atoms with Crippen molar-refractivity contribution in [3.8, 4) is 0 Å². The van der Waals surface area contributed by atoms with Gasteiger partial charge in [0.25, 0.3) is 0 Å². The van der Waals surface area contributed by atoms with Crippen LogP contribution in [0.2, 0.25) is 0 Å². The van der Waals surface area contributed by atoms with Gasteiger partial charge in [0.2, 0.25) is 5.91 Å². The summed E-state index contributed by atoms with van der Waals surface area (Å²) >= 11 is 0. The molecule has 0 heterocycles. The average molecular weight is 282 g/mol. The predicted octanol–water partition coefficient (Wildman–Crippen LogP) is 3.12. The fraction of sp³-hybridized carbons (Fsp3) is 0.278. The summed E-state index contributed by atoms with van der Waals surface area (Å²) in [4.78, 5) is 12.1. The molecule has 2 atom stereocenters. The van der Waals surface area contributed by atoms with Crippen molar-refractivity contribution in [2.75, 3.05) is 5.73 Å². The van der Waals surface area contributed by atoms with Gasteiger partial charge in [-0.05, 0) is 30.2 Å². The Labute approximate surface area is 126 Å². The summed E-state index contributed by atoms with van der Waals surface area (Å²) in [6.07, 6.45) is 0.381. The van der Waals surface area contributed by atoms with Gasteiger partial charge in [0.15, 0.2) is 0 Å². The van der Waals surface area contributed by atoms with Gasteiger partial charge in [-0.3, -0.25) is 4.79 Å². The van der Waals surface area contributed by atoms with E-state index in [4.69, 9.17) is 5.73 Å². The number of nitrogens with one attached hydrogen (secondary N) is 1. The van der Waals surface area contributed by atoms with Crippen LogP contribution in [-0.4, -0.2) is 11.9 Å². The lowest BCUT2D eigenvalue weighted by molar-refractivity contribution is -0.121. The SMILES string of the molecule is CC(NC(=O)Cc1ccc(N)cc1)C(C)c1ccccc1. The standard InChI is InChI=1S/C18H22N2O/c1-13(16-6-4-3-5-7-16)14(2)20-18(21)12-15-8-10-17(19)11-9-15/h3-11,13-14H,12,19H2,1-2H3,(H,20,21). The van der Waals surface area contributed by atoms with Crippen molar-refractivity contribution < 1.29 is 4.79 Å². The largest absolute Gasteiger partial charge is 0.399 e. The number of nitrogens with two attached hydrogens (primary N) is 1. The van der Waals surface area contributed by atoms with E-state index in [0.29, 0.717) is 12.1 Å². The smallest absolute Gasteiger partial charge is 0.224 e. The third kappa shape index (κ3) is 4.35. The van der Waals surface area contributed by atoms with Gasteiger partial charge in [0.05, 0.1) is 6.42 Å². The van der Waals surface area contributed by atoms with Crippen LogP contribution in [0.5, 0.6) is 0 Å². The molecule has 2 unspecified atom stereocenters. The molecule has 2 aromatic carbocycles. The fourth-order valence-electron chi connectivity index (χ4n) is 2.30. The summed E-state index contributed by atoms with van der Waals surface area (Å²) in [7, 11) is 0. The summed E-state index contributed by atoms with van der Waals surface area (Å²) < 4.78 is 0. The zero-order valence-electron chi connectivity index (χ0n) is 12.5. The Morgan fingerprint density at radius 3 is 2.29 bits per heavy atom. The lowest BCUT2D eigenvalue weighted by atomic mass is 9.94. The van der Waals surface area contributed by atoms with Crippen molar-refractivity contribution in [3.63, 3.8) is 0 Å². The summed E-state index contributed by atoms with van der Waals surface area (Å²) in [6, 6.07) is 17.7. The Bertz CT molecular complexity index is 578. The maximum Gasteiger partial charge on any atom is 0.224 e. The highest BCUT2D eigenvalue weighted by Crippen LogP contribution is 2.18. The molecule has 0 radical (unpaired) electrons. The highest BCUT2D eigenvalue weighted by molar-refractivity contribution is 5.79. The summed E-state index contributed by atoms with van der Waals surface area (Å²) in [5, 5.41) is 3.07. The molecule has 0 aliphatic heterocycles. The van der Waals surface area contributed by atoms with E-state index in [0.717, 1.165) is 5.56 Å². The zero-order chi connectivity index (χ0) is 15.2. The number of carbonyl (C=O) groups excluding carboxylic acids is 1. The van der Waals surface area contributed by atoms with E-state index < -0.39 is 0 Å². The van der Waals surface area contributed by atoms with E-state index in [-0.39, 0.29) is 17.9 Å². The second-order valence-electron chi connectivity index (χ2n) is 5.47. The van der Waals surface area contributed by atoms with Gasteiger partial charge in [-0.2, -0.15) is 0 Å². The molecule has 3 heteroatoms. The quantitative estimate of drug-likeness (QED) is 0.828. The summed E-state index contributed by atoms with van der Waals surface area (Å²) in [6.45, 7) is 4.17. The Morgan fingerprint density at radius 1 is 1.05 bits per heavy atom. The van der Waals surface area contributed by atoms with Crippen LogP contribution < -0.4 is 11.1 Å². The number of rotatable bonds is 5. The van der Waals surface area contributed by atoms with Crippen LogP contribution in [-0.2, 0) is 11.2 Å². The normalized spacial score (nSPS) is 13.4. The van der Waals surface area contributed by atoms with E-state index >= 15 is 0 Å². The molecule has 0 fully saturated rings. The number of hydrogen-bond donors (Lipinski definition) is 2. The van der Waals surface area contributed by atoms with E-state index in [2.05, 4.69) is 24.4 Å². The minimum Gasteiger partial charge on any atom is -0.399 e. The van der Waals surface area contributed by atoms with Crippen LogP contribution in [0.1, 0.15) is 30.9 Å². The highest BCUT2D eigenvalue weighted by Gasteiger charge is 2.16. The first-order valence-electron chi connectivity index (χ1n) is 7.25.